The van der Waals surface area contributed by atoms with Crippen molar-refractivity contribution < 1.29 is 28.9 Å². The third-order valence-electron chi connectivity index (χ3n) is 7.59. The van der Waals surface area contributed by atoms with E-state index in [2.05, 4.69) is 47.7 Å². The Morgan fingerprint density at radius 3 is 1.96 bits per heavy atom. The highest BCUT2D eigenvalue weighted by atomic mass is 28.4. The van der Waals surface area contributed by atoms with Crippen LogP contribution in [0.5, 0.6) is 0 Å². The van der Waals surface area contributed by atoms with Crippen LogP contribution in [0.2, 0.25) is 36.3 Å². The predicted molar refractivity (Wildman–Crippen MR) is 115 cm³/mol. The van der Waals surface area contributed by atoms with E-state index in [1.54, 1.807) is 0 Å². The number of hydrogen-bond acceptors (Lipinski definition) is 6. The zero-order valence-corrected chi connectivity index (χ0v) is 21.2. The van der Waals surface area contributed by atoms with Crippen molar-refractivity contribution in [1.82, 2.24) is 0 Å². The van der Waals surface area contributed by atoms with Gasteiger partial charge in [-0.05, 0) is 55.0 Å². The monoisotopic (exact) mass is 434 g/mol. The molecule has 0 spiro atoms. The molecule has 1 saturated heterocycles. The molecular formula is C20H42O6Si2. The second-order valence-electron chi connectivity index (χ2n) is 11.6. The van der Waals surface area contributed by atoms with Gasteiger partial charge in [0, 0.05) is 6.42 Å². The number of rotatable bonds is 6. The van der Waals surface area contributed by atoms with Crippen molar-refractivity contribution in [3.05, 3.63) is 0 Å². The van der Waals surface area contributed by atoms with E-state index >= 15 is 0 Å². The third kappa shape index (κ3) is 4.91. The van der Waals surface area contributed by atoms with Gasteiger partial charge in [-0.3, -0.25) is 0 Å². The topological polar surface area (TPSA) is 88.4 Å². The quantitative estimate of drug-likeness (QED) is 0.554. The molecule has 1 aliphatic heterocycles. The molecule has 0 radical (unpaired) electrons. The first kappa shape index (κ1) is 24.5. The zero-order chi connectivity index (χ0) is 21.8. The standard InChI is InChI=1S/C20H42O6Si2/c1-18(2,3)28(8,9)26-15-12-20(22,17-24-13-25-17)11-14(16(15)21)10-19(4,5)27(6,7)23/h14-17,21-23H,10-13H2,1-9H3/t14-,15-,16-,20+/m1/s1. The van der Waals surface area contributed by atoms with Crippen LogP contribution >= 0.6 is 0 Å². The summed E-state index contributed by atoms with van der Waals surface area (Å²) in [7, 11) is -4.59. The van der Waals surface area contributed by atoms with E-state index in [0.717, 1.165) is 0 Å². The fraction of sp³-hybridized carbons (Fsp3) is 1.00. The number of aliphatic hydroxyl groups excluding tert-OH is 1. The first-order valence-electron chi connectivity index (χ1n) is 10.4. The summed E-state index contributed by atoms with van der Waals surface area (Å²) >= 11 is 0. The van der Waals surface area contributed by atoms with Gasteiger partial charge >= 0.3 is 0 Å². The first-order chi connectivity index (χ1) is 12.4. The van der Waals surface area contributed by atoms with Gasteiger partial charge in [-0.1, -0.05) is 34.6 Å². The average molecular weight is 435 g/mol. The Balaban J connectivity index is 2.29. The van der Waals surface area contributed by atoms with Crippen LogP contribution in [0.25, 0.3) is 0 Å². The van der Waals surface area contributed by atoms with Crippen LogP contribution in [0.1, 0.15) is 53.9 Å². The van der Waals surface area contributed by atoms with Crippen molar-refractivity contribution in [1.29, 1.82) is 0 Å². The third-order valence-corrected chi connectivity index (χ3v) is 15.6. The molecule has 0 amide bonds. The van der Waals surface area contributed by atoms with Gasteiger partial charge in [0.05, 0.1) is 12.2 Å². The lowest BCUT2D eigenvalue weighted by molar-refractivity contribution is -0.385. The van der Waals surface area contributed by atoms with E-state index in [4.69, 9.17) is 13.9 Å². The number of hydrogen-bond donors (Lipinski definition) is 3. The Labute approximate surface area is 172 Å². The van der Waals surface area contributed by atoms with Gasteiger partial charge in [-0.15, -0.1) is 0 Å². The van der Waals surface area contributed by atoms with E-state index in [1.807, 2.05) is 13.1 Å². The van der Waals surface area contributed by atoms with Crippen LogP contribution in [0, 0.1) is 5.92 Å². The molecular weight excluding hydrogens is 392 g/mol. The number of ether oxygens (including phenoxy) is 2. The van der Waals surface area contributed by atoms with E-state index in [1.165, 1.54) is 0 Å². The van der Waals surface area contributed by atoms with Crippen LogP contribution in [-0.4, -0.2) is 62.5 Å². The molecule has 0 aromatic rings. The molecule has 2 rings (SSSR count). The van der Waals surface area contributed by atoms with Gasteiger partial charge < -0.3 is 28.9 Å². The lowest BCUT2D eigenvalue weighted by Gasteiger charge is -2.53. The van der Waals surface area contributed by atoms with E-state index in [-0.39, 0.29) is 22.8 Å². The molecule has 2 fully saturated rings. The molecule has 0 bridgehead atoms. The van der Waals surface area contributed by atoms with Crippen LogP contribution in [0.3, 0.4) is 0 Å². The first-order valence-corrected chi connectivity index (χ1v) is 16.3. The van der Waals surface area contributed by atoms with Crippen LogP contribution < -0.4 is 0 Å². The van der Waals surface area contributed by atoms with Gasteiger partial charge in [-0.25, -0.2) is 0 Å². The Kier molecular flexibility index (Phi) is 6.74. The van der Waals surface area contributed by atoms with Crippen molar-refractivity contribution in [2.24, 2.45) is 5.92 Å². The van der Waals surface area contributed by atoms with Crippen LogP contribution in [0.15, 0.2) is 0 Å². The predicted octanol–water partition coefficient (Wildman–Crippen LogP) is 3.58. The van der Waals surface area contributed by atoms with Crippen molar-refractivity contribution in [3.63, 3.8) is 0 Å². The average Bonchev–Trinajstić information content (AvgIpc) is 2.38. The molecule has 1 heterocycles. The van der Waals surface area contributed by atoms with Gasteiger partial charge in [0.15, 0.2) is 29.7 Å². The van der Waals surface area contributed by atoms with Crippen molar-refractivity contribution in [2.75, 3.05) is 6.79 Å². The Morgan fingerprint density at radius 1 is 1.04 bits per heavy atom. The summed E-state index contributed by atoms with van der Waals surface area (Å²) < 4.78 is 17.5. The SMILES string of the molecule is CC(C)(C[C@@H]1C[C@@](O)(C2OCO2)C[C@@H](O[Si](C)(C)C(C)(C)C)[C@@H]1O)[Si](C)(C)O. The van der Waals surface area contributed by atoms with Gasteiger partial charge in [0.1, 0.15) is 5.60 Å². The van der Waals surface area contributed by atoms with Crippen LogP contribution in [-0.2, 0) is 13.9 Å². The highest BCUT2D eigenvalue weighted by molar-refractivity contribution is 6.74. The highest BCUT2D eigenvalue weighted by Gasteiger charge is 2.55. The van der Waals surface area contributed by atoms with Crippen molar-refractivity contribution in [2.45, 2.75) is 114 Å². The highest BCUT2D eigenvalue weighted by Crippen LogP contribution is 2.50. The van der Waals surface area contributed by atoms with Crippen molar-refractivity contribution in [3.8, 4) is 0 Å². The molecule has 1 aliphatic carbocycles. The maximum atomic E-state index is 11.4. The second kappa shape index (κ2) is 7.71. The van der Waals surface area contributed by atoms with Crippen molar-refractivity contribution >= 4 is 16.6 Å². The lowest BCUT2D eigenvalue weighted by Crippen LogP contribution is -2.62. The summed E-state index contributed by atoms with van der Waals surface area (Å²) in [5.74, 6) is -0.199. The molecule has 8 heteroatoms. The normalized spacial score (nSPS) is 33.6. The molecule has 3 N–H and O–H groups in total. The maximum Gasteiger partial charge on any atom is 0.192 e. The molecule has 0 aromatic heterocycles. The zero-order valence-electron chi connectivity index (χ0n) is 19.2. The summed E-state index contributed by atoms with van der Waals surface area (Å²) in [6.45, 7) is 19.0. The minimum absolute atomic E-state index is 0.000519. The lowest BCUT2D eigenvalue weighted by atomic mass is 9.71. The largest absolute Gasteiger partial charge is 0.432 e. The smallest absolute Gasteiger partial charge is 0.192 e. The summed E-state index contributed by atoms with van der Waals surface area (Å²) in [5, 5.41) is 22.3. The van der Waals surface area contributed by atoms with E-state index < -0.39 is 40.7 Å². The number of aliphatic hydroxyl groups is 2. The molecule has 2 aliphatic rings. The van der Waals surface area contributed by atoms with Crippen LogP contribution in [0.4, 0.5) is 0 Å². The Morgan fingerprint density at radius 2 is 1.57 bits per heavy atom. The summed E-state index contributed by atoms with van der Waals surface area (Å²) in [6, 6.07) is 0. The fourth-order valence-electron chi connectivity index (χ4n) is 3.83. The second-order valence-corrected chi connectivity index (χ2v) is 20.8. The Bertz CT molecular complexity index is 510. The maximum absolute atomic E-state index is 11.4. The fourth-order valence-corrected chi connectivity index (χ4v) is 5.93. The molecule has 0 unspecified atom stereocenters. The summed E-state index contributed by atoms with van der Waals surface area (Å²) in [4.78, 5) is 10.7. The Hall–Kier alpha value is 0.194. The van der Waals surface area contributed by atoms with E-state index in [9.17, 15) is 15.0 Å². The molecule has 1 saturated carbocycles. The van der Waals surface area contributed by atoms with Gasteiger partial charge in [0.25, 0.3) is 0 Å². The minimum atomic E-state index is -2.45. The van der Waals surface area contributed by atoms with Gasteiger partial charge in [0.2, 0.25) is 0 Å². The van der Waals surface area contributed by atoms with E-state index in [0.29, 0.717) is 19.3 Å². The summed E-state index contributed by atoms with van der Waals surface area (Å²) in [5.41, 5.74) is -1.19. The van der Waals surface area contributed by atoms with Gasteiger partial charge in [-0.2, -0.15) is 0 Å². The molecule has 0 aromatic carbocycles. The molecule has 6 nitrogen and oxygen atoms in total. The molecule has 166 valence electrons. The molecule has 4 atom stereocenters. The molecule has 28 heavy (non-hydrogen) atoms. The summed E-state index contributed by atoms with van der Waals surface area (Å²) in [6.07, 6.45) is -0.542. The minimum Gasteiger partial charge on any atom is -0.432 e.